The topological polar surface area (TPSA) is 108 Å². The third-order valence-corrected chi connectivity index (χ3v) is 4.75. The predicted molar refractivity (Wildman–Crippen MR) is 92.5 cm³/mol. The van der Waals surface area contributed by atoms with Crippen molar-refractivity contribution in [3.05, 3.63) is 33.9 Å². The maximum atomic E-state index is 14.7. The average molecular weight is 360 g/mol. The van der Waals surface area contributed by atoms with Crippen molar-refractivity contribution in [2.24, 2.45) is 4.99 Å². The van der Waals surface area contributed by atoms with Crippen molar-refractivity contribution in [2.75, 3.05) is 24.7 Å². The highest BCUT2D eigenvalue weighted by molar-refractivity contribution is 5.93. The van der Waals surface area contributed by atoms with Gasteiger partial charge in [0.1, 0.15) is 17.9 Å². The lowest BCUT2D eigenvalue weighted by Gasteiger charge is -2.19. The minimum absolute atomic E-state index is 0.0264. The van der Waals surface area contributed by atoms with Crippen LogP contribution in [0.3, 0.4) is 0 Å². The van der Waals surface area contributed by atoms with Crippen LogP contribution in [0.5, 0.6) is 0 Å². The molecule has 3 heterocycles. The SMILES string of the molecule is O=C(O)c1cn(C2CC2)c2nc(N3CC/C(=N/CO)C3)c(F)cc2c1=O. The molecule has 9 heteroatoms. The molecule has 2 N–H and O–H groups in total. The summed E-state index contributed by atoms with van der Waals surface area (Å²) in [4.78, 5) is 33.8. The van der Waals surface area contributed by atoms with Gasteiger partial charge in [-0.2, -0.15) is 0 Å². The fraction of sp³-hybridized carbons (Fsp3) is 0.412. The zero-order valence-electron chi connectivity index (χ0n) is 13.9. The third-order valence-electron chi connectivity index (χ3n) is 4.75. The number of aliphatic imine (C=N–C) groups is 1. The van der Waals surface area contributed by atoms with Crippen molar-refractivity contribution >= 4 is 28.5 Å². The molecule has 136 valence electrons. The lowest BCUT2D eigenvalue weighted by Crippen LogP contribution is -2.24. The number of carboxylic acid groups (broad SMARTS) is 1. The smallest absolute Gasteiger partial charge is 0.341 e. The zero-order chi connectivity index (χ0) is 18.4. The van der Waals surface area contributed by atoms with Gasteiger partial charge >= 0.3 is 5.97 Å². The molecule has 0 radical (unpaired) electrons. The van der Waals surface area contributed by atoms with Gasteiger partial charge in [-0.25, -0.2) is 14.2 Å². The van der Waals surface area contributed by atoms with E-state index in [4.69, 9.17) is 5.11 Å². The van der Waals surface area contributed by atoms with E-state index in [1.807, 2.05) is 0 Å². The molecule has 1 saturated carbocycles. The Hall–Kier alpha value is -2.81. The highest BCUT2D eigenvalue weighted by atomic mass is 19.1. The van der Waals surface area contributed by atoms with Gasteiger partial charge in [0.15, 0.2) is 11.6 Å². The van der Waals surface area contributed by atoms with E-state index < -0.39 is 17.2 Å². The zero-order valence-corrected chi connectivity index (χ0v) is 13.9. The molecular formula is C17H17FN4O4. The van der Waals surface area contributed by atoms with E-state index in [2.05, 4.69) is 9.98 Å². The minimum atomic E-state index is -1.33. The molecule has 2 aromatic rings. The van der Waals surface area contributed by atoms with Crippen molar-refractivity contribution < 1.29 is 19.4 Å². The highest BCUT2D eigenvalue weighted by Gasteiger charge is 2.29. The lowest BCUT2D eigenvalue weighted by molar-refractivity contribution is 0.0695. The number of aromatic carboxylic acids is 1. The Morgan fingerprint density at radius 2 is 2.19 bits per heavy atom. The standard InChI is InChI=1S/C17H17FN4O4/c18-13-5-11-14(24)12(17(25)26)7-22(10-1-2-10)15(11)20-16(13)21-4-3-9(6-21)19-8-23/h5,7,10,23H,1-4,6,8H2,(H,25,26)/b19-9-. The number of fused-ring (bicyclic) bond motifs is 1. The van der Waals surface area contributed by atoms with Gasteiger partial charge in [-0.3, -0.25) is 9.79 Å². The number of nitrogens with zero attached hydrogens (tertiary/aromatic N) is 4. The number of aliphatic hydroxyl groups is 1. The molecule has 0 bridgehead atoms. The Labute approximate surface area is 147 Å². The van der Waals surface area contributed by atoms with Gasteiger partial charge in [-0.1, -0.05) is 0 Å². The first kappa shape index (κ1) is 16.6. The number of aromatic nitrogens is 2. The normalized spacial score (nSPS) is 18.8. The summed E-state index contributed by atoms with van der Waals surface area (Å²) in [6.07, 6.45) is 3.64. The summed E-state index contributed by atoms with van der Waals surface area (Å²) in [7, 11) is 0. The minimum Gasteiger partial charge on any atom is -0.477 e. The summed E-state index contributed by atoms with van der Waals surface area (Å²) in [6, 6.07) is 1.15. The predicted octanol–water partition coefficient (Wildman–Crippen LogP) is 1.17. The Morgan fingerprint density at radius 1 is 1.42 bits per heavy atom. The van der Waals surface area contributed by atoms with Gasteiger partial charge < -0.3 is 19.7 Å². The summed E-state index contributed by atoms with van der Waals surface area (Å²) in [6.45, 7) is 0.558. The summed E-state index contributed by atoms with van der Waals surface area (Å²) in [5, 5.41) is 18.1. The van der Waals surface area contributed by atoms with Gasteiger partial charge in [0, 0.05) is 30.9 Å². The summed E-state index contributed by atoms with van der Waals surface area (Å²) < 4.78 is 16.3. The first-order valence-corrected chi connectivity index (χ1v) is 8.36. The molecule has 2 aromatic heterocycles. The van der Waals surface area contributed by atoms with E-state index in [0.717, 1.165) is 24.6 Å². The average Bonchev–Trinajstić information content (AvgIpc) is 3.34. The molecule has 0 unspecified atom stereocenters. The molecule has 26 heavy (non-hydrogen) atoms. The monoisotopic (exact) mass is 360 g/mol. The molecule has 1 aliphatic heterocycles. The molecule has 8 nitrogen and oxygen atoms in total. The number of halogens is 1. The second-order valence-corrected chi connectivity index (χ2v) is 6.52. The molecule has 0 amide bonds. The van der Waals surface area contributed by atoms with Crippen molar-refractivity contribution in [3.63, 3.8) is 0 Å². The molecule has 0 atom stereocenters. The van der Waals surface area contributed by atoms with Crippen LogP contribution in [0, 0.1) is 5.82 Å². The lowest BCUT2D eigenvalue weighted by atomic mass is 10.2. The number of aliphatic hydroxyl groups excluding tert-OH is 1. The number of carboxylic acids is 1. The maximum absolute atomic E-state index is 14.7. The van der Waals surface area contributed by atoms with Crippen molar-refractivity contribution in [1.29, 1.82) is 0 Å². The second-order valence-electron chi connectivity index (χ2n) is 6.52. The van der Waals surface area contributed by atoms with Gasteiger partial charge in [-0.15, -0.1) is 0 Å². The molecule has 1 aliphatic carbocycles. The Bertz CT molecular complexity index is 996. The van der Waals surface area contributed by atoms with Crippen LogP contribution in [-0.4, -0.2) is 51.3 Å². The van der Waals surface area contributed by atoms with Crippen LogP contribution in [0.1, 0.15) is 35.7 Å². The first-order chi connectivity index (χ1) is 12.5. The second kappa shape index (κ2) is 6.17. The molecule has 4 rings (SSSR count). The summed E-state index contributed by atoms with van der Waals surface area (Å²) in [5.41, 5.74) is -0.0516. The first-order valence-electron chi connectivity index (χ1n) is 8.36. The molecule has 2 aliphatic rings. The van der Waals surface area contributed by atoms with Gasteiger partial charge in [0.25, 0.3) is 0 Å². The van der Waals surface area contributed by atoms with E-state index in [-0.39, 0.29) is 29.5 Å². The Kier molecular flexibility index (Phi) is 3.95. The Morgan fingerprint density at radius 3 is 2.85 bits per heavy atom. The van der Waals surface area contributed by atoms with Crippen molar-refractivity contribution in [3.8, 4) is 0 Å². The van der Waals surface area contributed by atoms with Crippen LogP contribution in [0.25, 0.3) is 11.0 Å². The van der Waals surface area contributed by atoms with E-state index in [0.29, 0.717) is 25.2 Å². The number of pyridine rings is 2. The van der Waals surface area contributed by atoms with Crippen molar-refractivity contribution in [2.45, 2.75) is 25.3 Å². The molecule has 0 spiro atoms. The number of hydrogen-bond donors (Lipinski definition) is 2. The largest absolute Gasteiger partial charge is 0.477 e. The molecular weight excluding hydrogens is 343 g/mol. The van der Waals surface area contributed by atoms with Crippen LogP contribution in [0.15, 0.2) is 22.1 Å². The van der Waals surface area contributed by atoms with Gasteiger partial charge in [0.2, 0.25) is 5.43 Å². The third kappa shape index (κ3) is 2.74. The van der Waals surface area contributed by atoms with E-state index in [1.54, 1.807) is 9.47 Å². The van der Waals surface area contributed by atoms with E-state index in [9.17, 15) is 19.1 Å². The molecule has 2 fully saturated rings. The van der Waals surface area contributed by atoms with Crippen LogP contribution < -0.4 is 10.3 Å². The number of carbonyl (C=O) groups is 1. The number of hydrogen-bond acceptors (Lipinski definition) is 6. The fourth-order valence-corrected chi connectivity index (χ4v) is 3.30. The van der Waals surface area contributed by atoms with Crippen molar-refractivity contribution in [1.82, 2.24) is 9.55 Å². The fourth-order valence-electron chi connectivity index (χ4n) is 3.30. The Balaban J connectivity index is 1.88. The highest BCUT2D eigenvalue weighted by Crippen LogP contribution is 2.37. The molecule has 1 saturated heterocycles. The van der Waals surface area contributed by atoms with Crippen LogP contribution >= 0.6 is 0 Å². The molecule has 0 aromatic carbocycles. The number of anilines is 1. The van der Waals surface area contributed by atoms with Gasteiger partial charge in [0.05, 0.1) is 11.9 Å². The maximum Gasteiger partial charge on any atom is 0.341 e. The quantitative estimate of drug-likeness (QED) is 0.847. The van der Waals surface area contributed by atoms with E-state index in [1.165, 1.54) is 6.20 Å². The van der Waals surface area contributed by atoms with Crippen LogP contribution in [0.4, 0.5) is 10.2 Å². The summed E-state index contributed by atoms with van der Waals surface area (Å²) >= 11 is 0. The van der Waals surface area contributed by atoms with Gasteiger partial charge in [-0.05, 0) is 18.9 Å². The number of rotatable bonds is 4. The van der Waals surface area contributed by atoms with E-state index >= 15 is 0 Å². The summed E-state index contributed by atoms with van der Waals surface area (Å²) in [5.74, 6) is -1.90. The van der Waals surface area contributed by atoms with Crippen LogP contribution in [-0.2, 0) is 0 Å². The van der Waals surface area contributed by atoms with Crippen LogP contribution in [0.2, 0.25) is 0 Å².